The van der Waals surface area contributed by atoms with Gasteiger partial charge in [-0.1, -0.05) is 18.2 Å². The molecular weight excluding hydrogens is 342 g/mol. The van der Waals surface area contributed by atoms with Crippen molar-refractivity contribution in [1.82, 2.24) is 14.5 Å². The van der Waals surface area contributed by atoms with Gasteiger partial charge in [0.25, 0.3) is 0 Å². The van der Waals surface area contributed by atoms with Gasteiger partial charge >= 0.3 is 5.69 Å². The summed E-state index contributed by atoms with van der Waals surface area (Å²) in [6, 6.07) is 5.33. The molecule has 0 aliphatic carbocycles. The largest absolute Gasteiger partial charge is 0.377 e. The normalized spacial score (nSPS) is 17.4. The SMILES string of the molecule is C=CC(=O)N1CCOC[C@H]1c1cc(Cl)cc(-c2cnc(=O)n(C)c2)c1. The summed E-state index contributed by atoms with van der Waals surface area (Å²) in [6.07, 6.45) is 4.53. The number of rotatable bonds is 3. The molecule has 1 aromatic carbocycles. The first-order valence-electron chi connectivity index (χ1n) is 7.84. The summed E-state index contributed by atoms with van der Waals surface area (Å²) in [5, 5.41) is 0.540. The molecule has 1 atom stereocenters. The molecule has 3 rings (SSSR count). The van der Waals surface area contributed by atoms with Crippen LogP contribution in [0.5, 0.6) is 0 Å². The molecule has 1 saturated heterocycles. The molecule has 25 heavy (non-hydrogen) atoms. The minimum absolute atomic E-state index is 0.140. The summed E-state index contributed by atoms with van der Waals surface area (Å²) in [6.45, 7) is 4.95. The number of nitrogens with zero attached hydrogens (tertiary/aromatic N) is 3. The van der Waals surface area contributed by atoms with Crippen molar-refractivity contribution < 1.29 is 9.53 Å². The van der Waals surface area contributed by atoms with Crippen molar-refractivity contribution in [2.45, 2.75) is 6.04 Å². The van der Waals surface area contributed by atoms with Crippen molar-refractivity contribution in [2.75, 3.05) is 19.8 Å². The van der Waals surface area contributed by atoms with Gasteiger partial charge in [-0.25, -0.2) is 9.78 Å². The van der Waals surface area contributed by atoms with E-state index in [1.807, 2.05) is 12.1 Å². The molecule has 1 aromatic heterocycles. The molecule has 0 N–H and O–H groups in total. The van der Waals surface area contributed by atoms with Gasteiger partial charge in [-0.05, 0) is 35.4 Å². The quantitative estimate of drug-likeness (QED) is 0.788. The summed E-state index contributed by atoms with van der Waals surface area (Å²) in [7, 11) is 1.64. The van der Waals surface area contributed by atoms with Gasteiger partial charge in [0.15, 0.2) is 0 Å². The van der Waals surface area contributed by atoms with Gasteiger partial charge in [-0.3, -0.25) is 4.79 Å². The van der Waals surface area contributed by atoms with E-state index in [-0.39, 0.29) is 17.6 Å². The fourth-order valence-electron chi connectivity index (χ4n) is 2.89. The zero-order valence-electron chi connectivity index (χ0n) is 13.8. The highest BCUT2D eigenvalue weighted by Crippen LogP contribution is 2.31. The first-order chi connectivity index (χ1) is 12.0. The highest BCUT2D eigenvalue weighted by Gasteiger charge is 2.27. The molecule has 0 radical (unpaired) electrons. The molecule has 0 unspecified atom stereocenters. The van der Waals surface area contributed by atoms with Crippen LogP contribution in [0.25, 0.3) is 11.1 Å². The topological polar surface area (TPSA) is 64.4 Å². The summed E-state index contributed by atoms with van der Waals surface area (Å²) < 4.78 is 6.96. The maximum Gasteiger partial charge on any atom is 0.347 e. The molecular formula is C18H18ClN3O3. The number of ether oxygens (including phenoxy) is 1. The Labute approximate surface area is 150 Å². The third kappa shape index (κ3) is 3.65. The minimum atomic E-state index is -0.325. The molecule has 0 bridgehead atoms. The Morgan fingerprint density at radius 3 is 2.92 bits per heavy atom. The first kappa shape index (κ1) is 17.4. The predicted octanol–water partition coefficient (Wildman–Crippen LogP) is 2.19. The molecule has 7 heteroatoms. The Balaban J connectivity index is 2.03. The monoisotopic (exact) mass is 359 g/mol. The number of carbonyl (C=O) groups excluding carboxylic acids is 1. The van der Waals surface area contributed by atoms with E-state index in [0.717, 1.165) is 16.7 Å². The van der Waals surface area contributed by atoms with Crippen molar-refractivity contribution in [3.8, 4) is 11.1 Å². The maximum atomic E-state index is 12.1. The van der Waals surface area contributed by atoms with Crippen LogP contribution in [0.2, 0.25) is 5.02 Å². The molecule has 6 nitrogen and oxygen atoms in total. The Morgan fingerprint density at radius 1 is 1.40 bits per heavy atom. The van der Waals surface area contributed by atoms with Gasteiger partial charge in [0.05, 0.1) is 19.3 Å². The van der Waals surface area contributed by atoms with E-state index < -0.39 is 0 Å². The van der Waals surface area contributed by atoms with Crippen molar-refractivity contribution in [3.63, 3.8) is 0 Å². The van der Waals surface area contributed by atoms with Crippen LogP contribution in [0, 0.1) is 0 Å². The molecule has 0 spiro atoms. The molecule has 0 saturated carbocycles. The van der Waals surface area contributed by atoms with Crippen molar-refractivity contribution in [2.24, 2.45) is 7.05 Å². The highest BCUT2D eigenvalue weighted by atomic mass is 35.5. The van der Waals surface area contributed by atoms with E-state index >= 15 is 0 Å². The molecule has 1 aliphatic rings. The van der Waals surface area contributed by atoms with Crippen molar-refractivity contribution >= 4 is 17.5 Å². The van der Waals surface area contributed by atoms with E-state index in [2.05, 4.69) is 11.6 Å². The summed E-state index contributed by atoms with van der Waals surface area (Å²) in [5.41, 5.74) is 2.13. The zero-order chi connectivity index (χ0) is 18.0. The fourth-order valence-corrected chi connectivity index (χ4v) is 3.14. The van der Waals surface area contributed by atoms with Crippen LogP contribution in [0.4, 0.5) is 0 Å². The second-order valence-electron chi connectivity index (χ2n) is 5.84. The Bertz CT molecular complexity index is 878. The third-order valence-electron chi connectivity index (χ3n) is 4.17. The third-order valence-corrected chi connectivity index (χ3v) is 4.39. The van der Waals surface area contributed by atoms with Crippen LogP contribution < -0.4 is 5.69 Å². The minimum Gasteiger partial charge on any atom is -0.377 e. The average molecular weight is 360 g/mol. The number of aromatic nitrogens is 2. The van der Waals surface area contributed by atoms with Crippen LogP contribution >= 0.6 is 11.6 Å². The maximum absolute atomic E-state index is 12.1. The number of halogens is 1. The molecule has 1 fully saturated rings. The Morgan fingerprint density at radius 2 is 2.20 bits per heavy atom. The average Bonchev–Trinajstić information content (AvgIpc) is 2.62. The molecule has 130 valence electrons. The molecule has 2 heterocycles. The Kier molecular flexibility index (Phi) is 5.01. The summed E-state index contributed by atoms with van der Waals surface area (Å²) in [4.78, 5) is 29.2. The van der Waals surface area contributed by atoms with Crippen LogP contribution in [0.3, 0.4) is 0 Å². The number of morpholine rings is 1. The lowest BCUT2D eigenvalue weighted by Crippen LogP contribution is -2.42. The van der Waals surface area contributed by atoms with Gasteiger partial charge in [0, 0.05) is 36.6 Å². The molecule has 1 aliphatic heterocycles. The molecule has 1 amide bonds. The van der Waals surface area contributed by atoms with Crippen LogP contribution in [0.15, 0.2) is 48.0 Å². The van der Waals surface area contributed by atoms with Crippen molar-refractivity contribution in [3.05, 3.63) is 64.3 Å². The number of amides is 1. The number of hydrogen-bond acceptors (Lipinski definition) is 4. The second-order valence-corrected chi connectivity index (χ2v) is 6.27. The van der Waals surface area contributed by atoms with Gasteiger partial charge in [0.1, 0.15) is 0 Å². The van der Waals surface area contributed by atoms with Gasteiger partial charge < -0.3 is 14.2 Å². The summed E-state index contributed by atoms with van der Waals surface area (Å²) >= 11 is 6.30. The number of benzene rings is 1. The van der Waals surface area contributed by atoms with Crippen LogP contribution in [-0.2, 0) is 16.6 Å². The Hall–Kier alpha value is -2.44. The van der Waals surface area contributed by atoms with Crippen LogP contribution in [-0.4, -0.2) is 40.1 Å². The number of hydrogen-bond donors (Lipinski definition) is 0. The van der Waals surface area contributed by atoms with E-state index in [1.165, 1.54) is 16.8 Å². The van der Waals surface area contributed by atoms with Gasteiger partial charge in [0.2, 0.25) is 5.91 Å². The van der Waals surface area contributed by atoms with E-state index in [9.17, 15) is 9.59 Å². The zero-order valence-corrected chi connectivity index (χ0v) is 14.6. The lowest BCUT2D eigenvalue weighted by atomic mass is 9.99. The van der Waals surface area contributed by atoms with Gasteiger partial charge in [-0.15, -0.1) is 0 Å². The lowest BCUT2D eigenvalue weighted by Gasteiger charge is -2.35. The van der Waals surface area contributed by atoms with Crippen molar-refractivity contribution in [1.29, 1.82) is 0 Å². The second kappa shape index (κ2) is 7.21. The smallest absolute Gasteiger partial charge is 0.347 e. The standard InChI is InChI=1S/C18H18ClN3O3/c1-3-17(23)22-4-5-25-11-16(22)13-6-12(7-15(19)8-13)14-9-20-18(24)21(2)10-14/h3,6-10,16H,1,4-5,11H2,2H3/t16-/m0/s1. The van der Waals surface area contributed by atoms with Gasteiger partial charge in [-0.2, -0.15) is 0 Å². The predicted molar refractivity (Wildman–Crippen MR) is 95.4 cm³/mol. The fraction of sp³-hybridized carbons (Fsp3) is 0.278. The van der Waals surface area contributed by atoms with E-state index in [0.29, 0.717) is 24.8 Å². The first-order valence-corrected chi connectivity index (χ1v) is 8.21. The molecule has 2 aromatic rings. The van der Waals surface area contributed by atoms with E-state index in [4.69, 9.17) is 16.3 Å². The van der Waals surface area contributed by atoms with Crippen LogP contribution in [0.1, 0.15) is 11.6 Å². The lowest BCUT2D eigenvalue weighted by molar-refractivity contribution is -0.134. The summed E-state index contributed by atoms with van der Waals surface area (Å²) in [5.74, 6) is -0.140. The number of carbonyl (C=O) groups is 1. The van der Waals surface area contributed by atoms with E-state index in [1.54, 1.807) is 24.2 Å². The highest BCUT2D eigenvalue weighted by molar-refractivity contribution is 6.31. The number of aryl methyl sites for hydroxylation is 1.